The van der Waals surface area contributed by atoms with Gasteiger partial charge in [0.1, 0.15) is 5.75 Å². The SMILES string of the molecule is CCOc1ccccc1-c1n[nH]c(=S)n1/N=C\c1ccc(OC)c(OC(C)C)c1. The van der Waals surface area contributed by atoms with Gasteiger partial charge in [0, 0.05) is 0 Å². The average molecular weight is 413 g/mol. The highest BCUT2D eigenvalue weighted by Crippen LogP contribution is 2.30. The van der Waals surface area contributed by atoms with Gasteiger partial charge in [0.05, 0.1) is 31.6 Å². The molecule has 7 nitrogen and oxygen atoms in total. The van der Waals surface area contributed by atoms with Gasteiger partial charge in [0.15, 0.2) is 17.3 Å². The summed E-state index contributed by atoms with van der Waals surface area (Å²) in [4.78, 5) is 0. The van der Waals surface area contributed by atoms with E-state index < -0.39 is 0 Å². The Balaban J connectivity index is 1.97. The van der Waals surface area contributed by atoms with Crippen LogP contribution in [0.1, 0.15) is 26.3 Å². The Bertz CT molecular complexity index is 1060. The Morgan fingerprint density at radius 3 is 2.69 bits per heavy atom. The summed E-state index contributed by atoms with van der Waals surface area (Å²) in [5.74, 6) is 2.62. The highest BCUT2D eigenvalue weighted by molar-refractivity contribution is 7.71. The quantitative estimate of drug-likeness (QED) is 0.429. The maximum absolute atomic E-state index is 5.82. The van der Waals surface area contributed by atoms with Gasteiger partial charge in [-0.25, -0.2) is 5.10 Å². The average Bonchev–Trinajstić information content (AvgIpc) is 3.07. The molecule has 0 spiro atoms. The van der Waals surface area contributed by atoms with E-state index in [0.717, 1.165) is 16.9 Å². The maximum atomic E-state index is 5.82. The number of methoxy groups -OCH3 is 1. The highest BCUT2D eigenvalue weighted by atomic mass is 32.1. The zero-order chi connectivity index (χ0) is 20.8. The molecule has 3 aromatic rings. The summed E-state index contributed by atoms with van der Waals surface area (Å²) in [7, 11) is 1.61. The van der Waals surface area contributed by atoms with Crippen molar-refractivity contribution in [3.8, 4) is 28.6 Å². The van der Waals surface area contributed by atoms with Gasteiger partial charge in [-0.3, -0.25) is 0 Å². The first-order chi connectivity index (χ1) is 14.0. The van der Waals surface area contributed by atoms with Gasteiger partial charge in [-0.2, -0.15) is 14.9 Å². The molecule has 1 N–H and O–H groups in total. The van der Waals surface area contributed by atoms with Crippen LogP contribution in [0.4, 0.5) is 0 Å². The summed E-state index contributed by atoms with van der Waals surface area (Å²) in [5, 5.41) is 11.7. The van der Waals surface area contributed by atoms with E-state index in [0.29, 0.717) is 28.7 Å². The molecule has 29 heavy (non-hydrogen) atoms. The van der Waals surface area contributed by atoms with Crippen molar-refractivity contribution in [2.75, 3.05) is 13.7 Å². The van der Waals surface area contributed by atoms with E-state index in [-0.39, 0.29) is 6.10 Å². The van der Waals surface area contributed by atoms with Crippen molar-refractivity contribution in [3.63, 3.8) is 0 Å². The van der Waals surface area contributed by atoms with Crippen molar-refractivity contribution in [2.45, 2.75) is 26.9 Å². The number of para-hydroxylation sites is 1. The molecular weight excluding hydrogens is 388 g/mol. The molecule has 0 saturated heterocycles. The van der Waals surface area contributed by atoms with E-state index in [9.17, 15) is 0 Å². The molecule has 1 heterocycles. The zero-order valence-corrected chi connectivity index (χ0v) is 17.7. The Morgan fingerprint density at radius 1 is 1.17 bits per heavy atom. The maximum Gasteiger partial charge on any atom is 0.216 e. The molecule has 0 aliphatic carbocycles. The molecule has 0 aliphatic rings. The Kier molecular flexibility index (Phi) is 6.66. The van der Waals surface area contributed by atoms with Gasteiger partial charge < -0.3 is 14.2 Å². The van der Waals surface area contributed by atoms with Crippen molar-refractivity contribution < 1.29 is 14.2 Å². The minimum atomic E-state index is 0.0280. The van der Waals surface area contributed by atoms with Crippen LogP contribution in [0.5, 0.6) is 17.2 Å². The van der Waals surface area contributed by atoms with Crippen LogP contribution in [-0.2, 0) is 0 Å². The van der Waals surface area contributed by atoms with E-state index in [2.05, 4.69) is 15.3 Å². The van der Waals surface area contributed by atoms with Crippen molar-refractivity contribution in [3.05, 3.63) is 52.8 Å². The molecular formula is C21H24N4O3S. The molecule has 1 aromatic heterocycles. The number of nitrogens with one attached hydrogen (secondary N) is 1. The monoisotopic (exact) mass is 412 g/mol. The lowest BCUT2D eigenvalue weighted by atomic mass is 10.2. The molecule has 0 bridgehead atoms. The van der Waals surface area contributed by atoms with Crippen molar-refractivity contribution in [1.82, 2.24) is 14.9 Å². The topological polar surface area (TPSA) is 73.7 Å². The standard InChI is InChI=1S/C21H24N4O3S/c1-5-27-17-9-7-6-8-16(17)20-23-24-21(29)25(20)22-13-15-10-11-18(26-4)19(12-15)28-14(2)3/h6-14H,5H2,1-4H3,(H,24,29)/b22-13-. The third-order valence-electron chi connectivity index (χ3n) is 3.95. The minimum Gasteiger partial charge on any atom is -0.493 e. The summed E-state index contributed by atoms with van der Waals surface area (Å²) in [5.41, 5.74) is 1.64. The van der Waals surface area contributed by atoms with Crippen LogP contribution >= 0.6 is 12.2 Å². The molecule has 2 aromatic carbocycles. The number of hydrogen-bond donors (Lipinski definition) is 1. The van der Waals surface area contributed by atoms with Gasteiger partial charge in [-0.15, -0.1) is 0 Å². The summed E-state index contributed by atoms with van der Waals surface area (Å²) in [6, 6.07) is 13.3. The lowest BCUT2D eigenvalue weighted by Gasteiger charge is -2.13. The van der Waals surface area contributed by atoms with Crippen LogP contribution in [0.2, 0.25) is 0 Å². The van der Waals surface area contributed by atoms with E-state index in [1.807, 2.05) is 63.2 Å². The second-order valence-corrected chi connectivity index (χ2v) is 6.80. The van der Waals surface area contributed by atoms with E-state index in [1.165, 1.54) is 0 Å². The molecule has 0 atom stereocenters. The molecule has 0 amide bonds. The fourth-order valence-electron chi connectivity index (χ4n) is 2.75. The number of aromatic amines is 1. The first-order valence-electron chi connectivity index (χ1n) is 9.32. The number of aromatic nitrogens is 3. The summed E-state index contributed by atoms with van der Waals surface area (Å²) >= 11 is 5.36. The number of ether oxygens (including phenoxy) is 3. The van der Waals surface area contributed by atoms with Gasteiger partial charge >= 0.3 is 0 Å². The molecule has 0 fully saturated rings. The molecule has 0 unspecified atom stereocenters. The van der Waals surface area contributed by atoms with E-state index in [4.69, 9.17) is 26.4 Å². The predicted molar refractivity (Wildman–Crippen MR) is 116 cm³/mol. The Morgan fingerprint density at radius 2 is 1.97 bits per heavy atom. The third-order valence-corrected chi connectivity index (χ3v) is 4.22. The Hall–Kier alpha value is -3.13. The first kappa shape index (κ1) is 20.6. The molecule has 0 aliphatic heterocycles. The summed E-state index contributed by atoms with van der Waals surface area (Å²) < 4.78 is 18.9. The van der Waals surface area contributed by atoms with Crippen LogP contribution in [0.15, 0.2) is 47.6 Å². The van der Waals surface area contributed by atoms with E-state index in [1.54, 1.807) is 18.0 Å². The van der Waals surface area contributed by atoms with Crippen LogP contribution in [0.25, 0.3) is 11.4 Å². The van der Waals surface area contributed by atoms with Crippen molar-refractivity contribution >= 4 is 18.4 Å². The second kappa shape index (κ2) is 9.38. The van der Waals surface area contributed by atoms with Crippen molar-refractivity contribution in [1.29, 1.82) is 0 Å². The smallest absolute Gasteiger partial charge is 0.216 e. The second-order valence-electron chi connectivity index (χ2n) is 6.41. The van der Waals surface area contributed by atoms with Crippen molar-refractivity contribution in [2.24, 2.45) is 5.10 Å². The van der Waals surface area contributed by atoms with E-state index >= 15 is 0 Å². The Labute approximate surface area is 174 Å². The van der Waals surface area contributed by atoms with Crippen LogP contribution in [-0.4, -0.2) is 40.9 Å². The fraction of sp³-hybridized carbons (Fsp3) is 0.286. The lowest BCUT2D eigenvalue weighted by molar-refractivity contribution is 0.230. The number of benzene rings is 2. The molecule has 8 heteroatoms. The predicted octanol–water partition coefficient (Wildman–Crippen LogP) is 4.68. The molecule has 3 rings (SSSR count). The van der Waals surface area contributed by atoms with Gasteiger partial charge in [-0.05, 0) is 68.9 Å². The van der Waals surface area contributed by atoms with Crippen LogP contribution in [0, 0.1) is 4.77 Å². The third kappa shape index (κ3) is 4.83. The number of rotatable bonds is 8. The highest BCUT2D eigenvalue weighted by Gasteiger charge is 2.13. The number of hydrogen-bond acceptors (Lipinski definition) is 6. The lowest BCUT2D eigenvalue weighted by Crippen LogP contribution is -2.07. The van der Waals surface area contributed by atoms with Gasteiger partial charge in [0.25, 0.3) is 0 Å². The van der Waals surface area contributed by atoms with Gasteiger partial charge in [0.2, 0.25) is 4.77 Å². The first-order valence-corrected chi connectivity index (χ1v) is 9.73. The largest absolute Gasteiger partial charge is 0.493 e. The van der Waals surface area contributed by atoms with Crippen LogP contribution < -0.4 is 14.2 Å². The minimum absolute atomic E-state index is 0.0280. The molecule has 152 valence electrons. The van der Waals surface area contributed by atoms with Crippen LogP contribution in [0.3, 0.4) is 0 Å². The number of H-pyrrole nitrogens is 1. The summed E-state index contributed by atoms with van der Waals surface area (Å²) in [6.45, 7) is 6.42. The normalized spacial score (nSPS) is 11.2. The summed E-state index contributed by atoms with van der Waals surface area (Å²) in [6.07, 6.45) is 1.73. The number of nitrogens with zero attached hydrogens (tertiary/aromatic N) is 3. The molecule has 0 radical (unpaired) electrons. The zero-order valence-electron chi connectivity index (χ0n) is 16.9. The fourth-order valence-corrected chi connectivity index (χ4v) is 2.93. The molecule has 0 saturated carbocycles. The van der Waals surface area contributed by atoms with Gasteiger partial charge in [-0.1, -0.05) is 12.1 Å².